The fourth-order valence-corrected chi connectivity index (χ4v) is 2.14. The minimum atomic E-state index is -0.482. The Balaban J connectivity index is 2.05. The smallest absolute Gasteiger partial charge is 0.358 e. The van der Waals surface area contributed by atoms with Crippen LogP contribution in [0.1, 0.15) is 5.56 Å². The largest absolute Gasteiger partial charge is 0.395 e. The second-order valence-corrected chi connectivity index (χ2v) is 4.07. The number of nitrogens with one attached hydrogen (secondary N) is 1. The molecule has 1 aromatic carbocycles. The van der Waals surface area contributed by atoms with Crippen LogP contribution in [-0.4, -0.2) is 14.9 Å². The fraction of sp³-hybridized carbons (Fsp3) is 0.100. The number of imidazole rings is 1. The highest BCUT2D eigenvalue weighted by atomic mass is 32.2. The summed E-state index contributed by atoms with van der Waals surface area (Å²) in [5.41, 5.74) is 1.12. The summed E-state index contributed by atoms with van der Waals surface area (Å²) in [6, 6.07) is 9.78. The van der Waals surface area contributed by atoms with Crippen molar-refractivity contribution in [3.63, 3.8) is 0 Å². The Morgan fingerprint density at radius 1 is 1.38 bits per heavy atom. The molecule has 82 valence electrons. The van der Waals surface area contributed by atoms with Crippen molar-refractivity contribution in [3.05, 3.63) is 52.3 Å². The van der Waals surface area contributed by atoms with E-state index >= 15 is 0 Å². The normalized spacial score (nSPS) is 10.2. The first-order valence-corrected chi connectivity index (χ1v) is 5.60. The van der Waals surface area contributed by atoms with Crippen molar-refractivity contribution in [3.8, 4) is 0 Å². The van der Waals surface area contributed by atoms with Crippen molar-refractivity contribution >= 4 is 17.6 Å². The molecule has 6 heteroatoms. The molecule has 1 heterocycles. The second kappa shape index (κ2) is 4.80. The minimum Gasteiger partial charge on any atom is -0.358 e. The predicted octanol–water partition coefficient (Wildman–Crippen LogP) is 2.61. The van der Waals surface area contributed by atoms with Gasteiger partial charge in [-0.05, 0) is 15.5 Å². The Hall–Kier alpha value is -1.82. The van der Waals surface area contributed by atoms with Gasteiger partial charge in [-0.15, -0.1) is 0 Å². The number of H-pyrrole nitrogens is 1. The number of hydrogen-bond acceptors (Lipinski definition) is 4. The number of aromatic amines is 1. The molecule has 0 fully saturated rings. The van der Waals surface area contributed by atoms with E-state index in [1.165, 1.54) is 18.1 Å². The number of rotatable bonds is 4. The zero-order valence-electron chi connectivity index (χ0n) is 8.29. The summed E-state index contributed by atoms with van der Waals surface area (Å²) in [5, 5.41) is 11.1. The molecule has 1 N–H and O–H groups in total. The molecule has 16 heavy (non-hydrogen) atoms. The predicted molar refractivity (Wildman–Crippen MR) is 61.2 cm³/mol. The molecule has 5 nitrogen and oxygen atoms in total. The Labute approximate surface area is 96.1 Å². The molecule has 0 aliphatic rings. The van der Waals surface area contributed by atoms with E-state index in [9.17, 15) is 10.1 Å². The number of aromatic nitrogens is 2. The molecule has 0 spiro atoms. The maximum absolute atomic E-state index is 10.6. The lowest BCUT2D eigenvalue weighted by Crippen LogP contribution is -1.90. The van der Waals surface area contributed by atoms with Crippen molar-refractivity contribution in [1.29, 1.82) is 0 Å². The molecule has 0 saturated carbocycles. The van der Waals surface area contributed by atoms with E-state index in [1.807, 2.05) is 30.3 Å². The molecule has 0 radical (unpaired) electrons. The molecule has 1 aromatic heterocycles. The topological polar surface area (TPSA) is 71.8 Å². The Morgan fingerprint density at radius 2 is 2.12 bits per heavy atom. The van der Waals surface area contributed by atoms with Gasteiger partial charge in [0.25, 0.3) is 0 Å². The van der Waals surface area contributed by atoms with Gasteiger partial charge in [0.1, 0.15) is 0 Å². The van der Waals surface area contributed by atoms with E-state index in [2.05, 4.69) is 9.97 Å². The van der Waals surface area contributed by atoms with Crippen molar-refractivity contribution in [2.24, 2.45) is 0 Å². The Kier molecular flexibility index (Phi) is 3.21. The number of nitrogens with zero attached hydrogens (tertiary/aromatic N) is 2. The van der Waals surface area contributed by atoms with E-state index < -0.39 is 4.92 Å². The maximum atomic E-state index is 10.6. The molecular weight excluding hydrogens is 226 g/mol. The first-order valence-electron chi connectivity index (χ1n) is 4.62. The lowest BCUT2D eigenvalue weighted by atomic mass is 10.2. The second-order valence-electron chi connectivity index (χ2n) is 3.09. The first kappa shape index (κ1) is 10.7. The van der Waals surface area contributed by atoms with Gasteiger partial charge in [-0.3, -0.25) is 0 Å². The van der Waals surface area contributed by atoms with Crippen LogP contribution in [0.25, 0.3) is 0 Å². The monoisotopic (exact) mass is 235 g/mol. The van der Waals surface area contributed by atoms with Gasteiger partial charge in [0.2, 0.25) is 6.33 Å². The quantitative estimate of drug-likeness (QED) is 0.502. The summed E-state index contributed by atoms with van der Waals surface area (Å²) in [4.78, 5) is 16.5. The molecule has 0 bridgehead atoms. The van der Waals surface area contributed by atoms with Crippen LogP contribution < -0.4 is 0 Å². The van der Waals surface area contributed by atoms with E-state index in [1.54, 1.807) is 0 Å². The van der Waals surface area contributed by atoms with Gasteiger partial charge >= 0.3 is 5.82 Å². The van der Waals surface area contributed by atoms with Crippen LogP contribution in [-0.2, 0) is 5.75 Å². The Bertz CT molecular complexity index is 484. The van der Waals surface area contributed by atoms with E-state index in [4.69, 9.17) is 0 Å². The summed E-state index contributed by atoms with van der Waals surface area (Å²) < 4.78 is 0. The van der Waals surface area contributed by atoms with Crippen LogP contribution in [0.3, 0.4) is 0 Å². The highest BCUT2D eigenvalue weighted by Gasteiger charge is 2.16. The van der Waals surface area contributed by atoms with Gasteiger partial charge in [0, 0.05) is 5.75 Å². The third-order valence-electron chi connectivity index (χ3n) is 1.98. The van der Waals surface area contributed by atoms with Crippen LogP contribution in [0.4, 0.5) is 5.82 Å². The molecular formula is C10H9N3O2S. The van der Waals surface area contributed by atoms with Gasteiger partial charge < -0.3 is 15.1 Å². The van der Waals surface area contributed by atoms with Gasteiger partial charge in [-0.25, -0.2) is 0 Å². The summed E-state index contributed by atoms with van der Waals surface area (Å²) in [6.45, 7) is 0. The van der Waals surface area contributed by atoms with Gasteiger partial charge in [0.05, 0.1) is 0 Å². The zero-order valence-corrected chi connectivity index (χ0v) is 9.11. The molecule has 0 aliphatic heterocycles. The highest BCUT2D eigenvalue weighted by Crippen LogP contribution is 2.27. The van der Waals surface area contributed by atoms with E-state index in [0.717, 1.165) is 5.56 Å². The minimum absolute atomic E-state index is 0.110. The number of benzene rings is 1. The first-order chi connectivity index (χ1) is 7.77. The molecule has 2 aromatic rings. The van der Waals surface area contributed by atoms with Gasteiger partial charge in [-0.1, -0.05) is 42.1 Å². The van der Waals surface area contributed by atoms with Crippen LogP contribution >= 0.6 is 11.8 Å². The summed E-state index contributed by atoms with van der Waals surface area (Å²) >= 11 is 1.38. The average molecular weight is 235 g/mol. The van der Waals surface area contributed by atoms with Gasteiger partial charge in [0.15, 0.2) is 5.03 Å². The summed E-state index contributed by atoms with van der Waals surface area (Å²) in [7, 11) is 0. The maximum Gasteiger partial charge on any atom is 0.395 e. The Morgan fingerprint density at radius 3 is 2.81 bits per heavy atom. The summed E-state index contributed by atoms with van der Waals surface area (Å²) in [6.07, 6.45) is 1.34. The lowest BCUT2D eigenvalue weighted by molar-refractivity contribution is -0.392. The van der Waals surface area contributed by atoms with E-state index in [-0.39, 0.29) is 5.82 Å². The number of hydrogen-bond donors (Lipinski definition) is 1. The van der Waals surface area contributed by atoms with Crippen molar-refractivity contribution in [1.82, 2.24) is 9.97 Å². The molecule has 0 amide bonds. The van der Waals surface area contributed by atoms with Crippen LogP contribution in [0, 0.1) is 10.1 Å². The zero-order chi connectivity index (χ0) is 11.4. The number of nitro groups is 1. The molecule has 0 unspecified atom stereocenters. The van der Waals surface area contributed by atoms with Crippen LogP contribution in [0.15, 0.2) is 41.7 Å². The van der Waals surface area contributed by atoms with Crippen molar-refractivity contribution in [2.75, 3.05) is 0 Å². The lowest BCUT2D eigenvalue weighted by Gasteiger charge is -1.98. The molecule has 0 aliphatic carbocycles. The highest BCUT2D eigenvalue weighted by molar-refractivity contribution is 7.98. The molecule has 0 saturated heterocycles. The standard InChI is InChI=1S/C10H9N3O2S/c14-13(15)9-10(12-7-11-9)16-6-8-4-2-1-3-5-8/h1-5,7H,6H2,(H,11,12). The average Bonchev–Trinajstić information content (AvgIpc) is 2.76. The molecule has 2 rings (SSSR count). The summed E-state index contributed by atoms with van der Waals surface area (Å²) in [5.74, 6) is 0.574. The van der Waals surface area contributed by atoms with Gasteiger partial charge in [-0.2, -0.15) is 0 Å². The SMILES string of the molecule is O=[N+]([O-])c1nc[nH]c1SCc1ccccc1. The third-order valence-corrected chi connectivity index (χ3v) is 3.05. The fourth-order valence-electron chi connectivity index (χ4n) is 1.24. The van der Waals surface area contributed by atoms with Crippen LogP contribution in [0.2, 0.25) is 0 Å². The molecule has 0 atom stereocenters. The van der Waals surface area contributed by atoms with Crippen molar-refractivity contribution in [2.45, 2.75) is 10.8 Å². The third kappa shape index (κ3) is 2.40. The number of thioether (sulfide) groups is 1. The van der Waals surface area contributed by atoms with Crippen molar-refractivity contribution < 1.29 is 4.92 Å². The van der Waals surface area contributed by atoms with Crippen LogP contribution in [0.5, 0.6) is 0 Å². The van der Waals surface area contributed by atoms with E-state index in [0.29, 0.717) is 10.8 Å².